The Morgan fingerprint density at radius 3 is 2.85 bits per heavy atom. The van der Waals surface area contributed by atoms with Crippen molar-refractivity contribution in [3.63, 3.8) is 0 Å². The lowest BCUT2D eigenvalue weighted by atomic mass is 10.1. The standard InChI is InChI=1S/C10H13N3/c1-6(2)9-7-4-3-5-8(11)10(7)13-12-9/h3-6H,11H2,1-2H3,(H,12,13). The summed E-state index contributed by atoms with van der Waals surface area (Å²) in [7, 11) is 0. The summed E-state index contributed by atoms with van der Waals surface area (Å²) in [6, 6.07) is 5.87. The maximum atomic E-state index is 5.79. The van der Waals surface area contributed by atoms with Crippen molar-refractivity contribution in [1.82, 2.24) is 10.2 Å². The topological polar surface area (TPSA) is 54.7 Å². The number of hydrogen-bond acceptors (Lipinski definition) is 2. The van der Waals surface area contributed by atoms with Gasteiger partial charge in [0.1, 0.15) is 5.52 Å². The zero-order valence-corrected chi connectivity index (χ0v) is 7.83. The number of hydrogen-bond donors (Lipinski definition) is 2. The van der Waals surface area contributed by atoms with E-state index in [-0.39, 0.29) is 0 Å². The predicted octanol–water partition coefficient (Wildman–Crippen LogP) is 2.27. The highest BCUT2D eigenvalue weighted by molar-refractivity contribution is 5.91. The van der Waals surface area contributed by atoms with Crippen molar-refractivity contribution in [2.45, 2.75) is 19.8 Å². The summed E-state index contributed by atoms with van der Waals surface area (Å²) in [6.07, 6.45) is 0. The fourth-order valence-corrected chi connectivity index (χ4v) is 1.52. The summed E-state index contributed by atoms with van der Waals surface area (Å²) in [5, 5.41) is 8.35. The normalized spacial score (nSPS) is 11.3. The lowest BCUT2D eigenvalue weighted by Gasteiger charge is -2.00. The molecule has 0 atom stereocenters. The molecular formula is C10H13N3. The van der Waals surface area contributed by atoms with Crippen LogP contribution in [0.4, 0.5) is 5.69 Å². The van der Waals surface area contributed by atoms with Crippen LogP contribution in [-0.4, -0.2) is 10.2 Å². The molecule has 0 bridgehead atoms. The van der Waals surface area contributed by atoms with E-state index in [9.17, 15) is 0 Å². The van der Waals surface area contributed by atoms with Crippen molar-refractivity contribution in [3.8, 4) is 0 Å². The first kappa shape index (κ1) is 8.10. The van der Waals surface area contributed by atoms with Gasteiger partial charge in [0.15, 0.2) is 0 Å². The molecule has 0 aliphatic heterocycles. The van der Waals surface area contributed by atoms with E-state index in [4.69, 9.17) is 5.73 Å². The summed E-state index contributed by atoms with van der Waals surface area (Å²) in [4.78, 5) is 0. The van der Waals surface area contributed by atoms with E-state index in [1.807, 2.05) is 18.2 Å². The summed E-state index contributed by atoms with van der Waals surface area (Å²) < 4.78 is 0. The van der Waals surface area contributed by atoms with Gasteiger partial charge in [-0.1, -0.05) is 26.0 Å². The number of nitrogens with zero attached hydrogens (tertiary/aromatic N) is 1. The van der Waals surface area contributed by atoms with Gasteiger partial charge in [-0.2, -0.15) is 5.10 Å². The number of fused-ring (bicyclic) bond motifs is 1. The van der Waals surface area contributed by atoms with Gasteiger partial charge < -0.3 is 5.73 Å². The fourth-order valence-electron chi connectivity index (χ4n) is 1.52. The number of aromatic nitrogens is 2. The number of aromatic amines is 1. The molecule has 0 spiro atoms. The molecule has 0 fully saturated rings. The molecule has 0 aliphatic carbocycles. The summed E-state index contributed by atoms with van der Waals surface area (Å²) in [6.45, 7) is 4.27. The van der Waals surface area contributed by atoms with E-state index in [1.165, 1.54) is 0 Å². The second-order valence-corrected chi connectivity index (χ2v) is 3.54. The maximum absolute atomic E-state index is 5.79. The van der Waals surface area contributed by atoms with Crippen molar-refractivity contribution in [2.75, 3.05) is 5.73 Å². The van der Waals surface area contributed by atoms with Gasteiger partial charge >= 0.3 is 0 Å². The third-order valence-corrected chi connectivity index (χ3v) is 2.22. The van der Waals surface area contributed by atoms with Crippen molar-refractivity contribution in [1.29, 1.82) is 0 Å². The molecule has 0 amide bonds. The first-order chi connectivity index (χ1) is 6.20. The zero-order valence-electron chi connectivity index (χ0n) is 7.83. The Hall–Kier alpha value is -1.51. The molecule has 0 saturated carbocycles. The lowest BCUT2D eigenvalue weighted by Crippen LogP contribution is -1.88. The van der Waals surface area contributed by atoms with Crippen LogP contribution in [0.15, 0.2) is 18.2 Å². The highest BCUT2D eigenvalue weighted by Gasteiger charge is 2.09. The molecule has 13 heavy (non-hydrogen) atoms. The van der Waals surface area contributed by atoms with Crippen molar-refractivity contribution < 1.29 is 0 Å². The molecule has 1 aromatic carbocycles. The van der Waals surface area contributed by atoms with Crippen LogP contribution in [0.5, 0.6) is 0 Å². The molecular weight excluding hydrogens is 162 g/mol. The number of nitrogens with one attached hydrogen (secondary N) is 1. The molecule has 0 unspecified atom stereocenters. The van der Waals surface area contributed by atoms with Crippen LogP contribution in [0.25, 0.3) is 10.9 Å². The smallest absolute Gasteiger partial charge is 0.115 e. The fraction of sp³-hybridized carbons (Fsp3) is 0.300. The van der Waals surface area contributed by atoms with Crippen molar-refractivity contribution in [3.05, 3.63) is 23.9 Å². The first-order valence-corrected chi connectivity index (χ1v) is 4.42. The second-order valence-electron chi connectivity index (χ2n) is 3.54. The molecule has 0 aliphatic rings. The zero-order chi connectivity index (χ0) is 9.42. The molecule has 1 aromatic heterocycles. The number of nitrogens with two attached hydrogens (primary N) is 1. The molecule has 2 rings (SSSR count). The summed E-state index contributed by atoms with van der Waals surface area (Å²) >= 11 is 0. The van der Waals surface area contributed by atoms with Crippen LogP contribution >= 0.6 is 0 Å². The first-order valence-electron chi connectivity index (χ1n) is 4.42. The van der Waals surface area contributed by atoms with Gasteiger partial charge in [-0.15, -0.1) is 0 Å². The van der Waals surface area contributed by atoms with Crippen LogP contribution in [0.2, 0.25) is 0 Å². The van der Waals surface area contributed by atoms with Gasteiger partial charge in [0.2, 0.25) is 0 Å². The van der Waals surface area contributed by atoms with Crippen molar-refractivity contribution >= 4 is 16.6 Å². The number of anilines is 1. The van der Waals surface area contributed by atoms with Crippen LogP contribution in [0.1, 0.15) is 25.5 Å². The average Bonchev–Trinajstić information content (AvgIpc) is 2.48. The van der Waals surface area contributed by atoms with Crippen LogP contribution < -0.4 is 5.73 Å². The quantitative estimate of drug-likeness (QED) is 0.653. The van der Waals surface area contributed by atoms with Gasteiger partial charge in [0.25, 0.3) is 0 Å². The Kier molecular flexibility index (Phi) is 1.72. The van der Waals surface area contributed by atoms with Gasteiger partial charge in [-0.05, 0) is 12.0 Å². The predicted molar refractivity (Wildman–Crippen MR) is 54.6 cm³/mol. The number of rotatable bonds is 1. The maximum Gasteiger partial charge on any atom is 0.115 e. The molecule has 3 heteroatoms. The van der Waals surface area contributed by atoms with E-state index in [1.54, 1.807) is 0 Å². The van der Waals surface area contributed by atoms with Crippen molar-refractivity contribution in [2.24, 2.45) is 0 Å². The Bertz CT molecular complexity index is 429. The number of nitrogen functional groups attached to an aromatic ring is 1. The molecule has 3 N–H and O–H groups in total. The molecule has 1 heterocycles. The minimum absolute atomic E-state index is 0.451. The highest BCUT2D eigenvalue weighted by Crippen LogP contribution is 2.25. The average molecular weight is 175 g/mol. The van der Waals surface area contributed by atoms with Gasteiger partial charge in [0, 0.05) is 11.1 Å². The largest absolute Gasteiger partial charge is 0.397 e. The molecule has 3 nitrogen and oxygen atoms in total. The minimum atomic E-state index is 0.451. The van der Waals surface area contributed by atoms with E-state index < -0.39 is 0 Å². The van der Waals surface area contributed by atoms with E-state index in [0.717, 1.165) is 22.3 Å². The second kappa shape index (κ2) is 2.76. The summed E-state index contributed by atoms with van der Waals surface area (Å²) in [5.41, 5.74) is 8.56. The monoisotopic (exact) mass is 175 g/mol. The Morgan fingerprint density at radius 2 is 2.15 bits per heavy atom. The number of H-pyrrole nitrogens is 1. The van der Waals surface area contributed by atoms with Gasteiger partial charge in [0.05, 0.1) is 5.69 Å². The molecule has 0 radical (unpaired) electrons. The Balaban J connectivity index is 2.75. The third kappa shape index (κ3) is 1.16. The van der Waals surface area contributed by atoms with E-state index >= 15 is 0 Å². The minimum Gasteiger partial charge on any atom is -0.397 e. The third-order valence-electron chi connectivity index (χ3n) is 2.22. The Labute approximate surface area is 76.9 Å². The van der Waals surface area contributed by atoms with Crippen LogP contribution in [-0.2, 0) is 0 Å². The SMILES string of the molecule is CC(C)c1[nH]nc2c(N)cccc12. The van der Waals surface area contributed by atoms with Gasteiger partial charge in [-0.3, -0.25) is 5.10 Å². The number of benzene rings is 1. The van der Waals surface area contributed by atoms with E-state index in [0.29, 0.717) is 5.92 Å². The molecule has 2 aromatic rings. The Morgan fingerprint density at radius 1 is 1.38 bits per heavy atom. The summed E-state index contributed by atoms with van der Waals surface area (Å²) in [5.74, 6) is 0.451. The number of para-hydroxylation sites is 1. The molecule has 0 saturated heterocycles. The van der Waals surface area contributed by atoms with Crippen LogP contribution in [0, 0.1) is 0 Å². The van der Waals surface area contributed by atoms with Crippen LogP contribution in [0.3, 0.4) is 0 Å². The van der Waals surface area contributed by atoms with Gasteiger partial charge in [-0.25, -0.2) is 0 Å². The lowest BCUT2D eigenvalue weighted by molar-refractivity contribution is 0.818. The van der Waals surface area contributed by atoms with E-state index in [2.05, 4.69) is 24.0 Å². The molecule has 68 valence electrons. The highest BCUT2D eigenvalue weighted by atomic mass is 15.1.